The monoisotopic (exact) mass is 386 g/mol. The van der Waals surface area contributed by atoms with Crippen LogP contribution in [0.1, 0.15) is 20.8 Å². The van der Waals surface area contributed by atoms with Crippen LogP contribution in [0.15, 0.2) is 48.5 Å². The summed E-state index contributed by atoms with van der Waals surface area (Å²) >= 11 is -2.37. The van der Waals surface area contributed by atoms with E-state index < -0.39 is 21.4 Å². The zero-order chi connectivity index (χ0) is 15.5. The summed E-state index contributed by atoms with van der Waals surface area (Å²) in [5.41, 5.74) is 0. The summed E-state index contributed by atoms with van der Waals surface area (Å²) in [5, 5.41) is 0. The van der Waals surface area contributed by atoms with Gasteiger partial charge in [-0.3, -0.25) is 0 Å². The second kappa shape index (κ2) is 6.78. The molecule has 21 heavy (non-hydrogen) atoms. The molecule has 0 saturated heterocycles. The van der Waals surface area contributed by atoms with Gasteiger partial charge in [-0.2, -0.15) is 0 Å². The molecule has 0 heterocycles. The topological polar surface area (TPSA) is 18.5 Å². The van der Waals surface area contributed by atoms with Gasteiger partial charge in [-0.05, 0) is 0 Å². The van der Waals surface area contributed by atoms with Crippen molar-refractivity contribution in [2.75, 3.05) is 14.2 Å². The van der Waals surface area contributed by atoms with Crippen molar-refractivity contribution >= 4 is 28.1 Å². The summed E-state index contributed by atoms with van der Waals surface area (Å²) in [7, 11) is 3.51. The van der Waals surface area contributed by atoms with Crippen molar-refractivity contribution in [3.05, 3.63) is 48.5 Å². The van der Waals surface area contributed by atoms with Crippen LogP contribution in [-0.2, 0) is 0 Å². The van der Waals surface area contributed by atoms with Crippen LogP contribution in [0.25, 0.3) is 0 Å². The molecule has 0 aromatic heterocycles. The first-order chi connectivity index (χ1) is 9.99. The van der Waals surface area contributed by atoms with Crippen molar-refractivity contribution in [2.45, 2.75) is 23.9 Å². The van der Waals surface area contributed by atoms with E-state index in [1.807, 2.05) is 12.1 Å². The molecule has 0 aliphatic carbocycles. The van der Waals surface area contributed by atoms with E-state index in [2.05, 4.69) is 57.2 Å². The normalized spacial score (nSPS) is 11.1. The van der Waals surface area contributed by atoms with E-state index in [0.29, 0.717) is 0 Å². The van der Waals surface area contributed by atoms with Crippen molar-refractivity contribution < 1.29 is 9.47 Å². The molecular weight excluding hydrogens is 363 g/mol. The van der Waals surface area contributed by atoms with Gasteiger partial charge in [0.05, 0.1) is 0 Å². The Bertz CT molecular complexity index is 555. The Hall–Kier alpha value is -1.09. The number of para-hydroxylation sites is 2. The fourth-order valence-electron chi connectivity index (χ4n) is 2.91. The van der Waals surface area contributed by atoms with Crippen LogP contribution in [0, 0.1) is 0 Å². The first-order valence-corrected chi connectivity index (χ1v) is 12.2. The zero-order valence-electron chi connectivity index (χ0n) is 13.5. The Morgan fingerprint density at radius 1 is 0.714 bits per heavy atom. The van der Waals surface area contributed by atoms with Gasteiger partial charge in [0.1, 0.15) is 0 Å². The van der Waals surface area contributed by atoms with Gasteiger partial charge in [-0.25, -0.2) is 0 Å². The van der Waals surface area contributed by atoms with Crippen molar-refractivity contribution in [3.63, 3.8) is 0 Å². The predicted molar refractivity (Wildman–Crippen MR) is 90.7 cm³/mol. The van der Waals surface area contributed by atoms with E-state index in [4.69, 9.17) is 9.47 Å². The van der Waals surface area contributed by atoms with Crippen LogP contribution in [0.3, 0.4) is 0 Å². The molecule has 2 nitrogen and oxygen atoms in total. The van der Waals surface area contributed by atoms with E-state index >= 15 is 0 Å². The molecule has 0 fully saturated rings. The van der Waals surface area contributed by atoms with Gasteiger partial charge in [0, 0.05) is 0 Å². The third-order valence-corrected chi connectivity index (χ3v) is 15.0. The van der Waals surface area contributed by atoms with Crippen LogP contribution >= 0.6 is 0 Å². The fraction of sp³-hybridized carbons (Fsp3) is 0.333. The number of ether oxygens (including phenoxy) is 2. The third-order valence-electron chi connectivity index (χ3n) is 3.77. The Labute approximate surface area is 135 Å². The molecule has 0 spiro atoms. The summed E-state index contributed by atoms with van der Waals surface area (Å²) < 4.78 is 14.3. The molecule has 3 heteroatoms. The van der Waals surface area contributed by atoms with Crippen molar-refractivity contribution in [2.24, 2.45) is 0 Å². The second-order valence-electron chi connectivity index (χ2n) is 6.28. The molecule has 0 N–H and O–H groups in total. The summed E-state index contributed by atoms with van der Waals surface area (Å²) in [6.45, 7) is 7.02. The summed E-state index contributed by atoms with van der Waals surface area (Å²) in [6, 6.07) is 16.9. The molecular formula is C18H23InO2. The van der Waals surface area contributed by atoms with Gasteiger partial charge >= 0.3 is 136 Å². The van der Waals surface area contributed by atoms with Crippen LogP contribution in [0.4, 0.5) is 0 Å². The van der Waals surface area contributed by atoms with Gasteiger partial charge in [-0.15, -0.1) is 0 Å². The summed E-state index contributed by atoms with van der Waals surface area (Å²) in [6.07, 6.45) is 0. The van der Waals surface area contributed by atoms with Crippen LogP contribution in [0.5, 0.6) is 11.5 Å². The fourth-order valence-corrected chi connectivity index (χ4v) is 13.8. The molecule has 0 unspecified atom stereocenters. The summed E-state index contributed by atoms with van der Waals surface area (Å²) in [4.78, 5) is 0. The minimum atomic E-state index is -2.37. The number of hydrogen-bond donors (Lipinski definition) is 0. The molecule has 2 aromatic carbocycles. The molecule has 2 aromatic rings. The maximum atomic E-state index is 5.63. The third kappa shape index (κ3) is 3.57. The molecule has 0 saturated carbocycles. The molecule has 0 atom stereocenters. The van der Waals surface area contributed by atoms with Gasteiger partial charge < -0.3 is 0 Å². The van der Waals surface area contributed by atoms with E-state index in [-0.39, 0.29) is 3.17 Å². The standard InChI is InChI=1S/2C7H7O.C4H9.In/c2*1-8-7-5-3-2-4-6-7;1-4(2)3;/h2*2-5H,1H3;1-3H3;. The summed E-state index contributed by atoms with van der Waals surface area (Å²) in [5.74, 6) is 2.03. The average molecular weight is 386 g/mol. The van der Waals surface area contributed by atoms with Crippen molar-refractivity contribution in [1.82, 2.24) is 0 Å². The zero-order valence-corrected chi connectivity index (χ0v) is 16.8. The van der Waals surface area contributed by atoms with E-state index in [0.717, 1.165) is 11.5 Å². The van der Waals surface area contributed by atoms with Gasteiger partial charge in [0.15, 0.2) is 0 Å². The Morgan fingerprint density at radius 2 is 1.10 bits per heavy atom. The van der Waals surface area contributed by atoms with Crippen LogP contribution in [0.2, 0.25) is 3.17 Å². The van der Waals surface area contributed by atoms with Gasteiger partial charge in [0.2, 0.25) is 0 Å². The van der Waals surface area contributed by atoms with Crippen molar-refractivity contribution in [1.29, 1.82) is 0 Å². The Balaban J connectivity index is 2.65. The first-order valence-electron chi connectivity index (χ1n) is 7.25. The van der Waals surface area contributed by atoms with E-state index in [1.165, 1.54) is 6.64 Å². The molecule has 0 bridgehead atoms. The SMILES string of the molecule is COc1cccc[c]1[In]([c]1ccccc1OC)[C](C)(C)C. The van der Waals surface area contributed by atoms with Gasteiger partial charge in [-0.1, -0.05) is 0 Å². The quantitative estimate of drug-likeness (QED) is 0.804. The predicted octanol–water partition coefficient (Wildman–Crippen LogP) is 3.11. The molecule has 0 aliphatic rings. The molecule has 110 valence electrons. The van der Waals surface area contributed by atoms with Crippen LogP contribution < -0.4 is 16.1 Å². The minimum absolute atomic E-state index is 0.255. The van der Waals surface area contributed by atoms with Crippen LogP contribution in [-0.4, -0.2) is 35.7 Å². The Kier molecular flexibility index (Phi) is 5.26. The number of benzene rings is 2. The number of rotatable bonds is 4. The maximum absolute atomic E-state index is 5.63. The number of hydrogen-bond acceptors (Lipinski definition) is 2. The number of methoxy groups -OCH3 is 2. The molecule has 0 amide bonds. The Morgan fingerprint density at radius 3 is 1.43 bits per heavy atom. The average Bonchev–Trinajstić information content (AvgIpc) is 2.47. The molecule has 2 rings (SSSR count). The van der Waals surface area contributed by atoms with Gasteiger partial charge in [0.25, 0.3) is 0 Å². The molecule has 0 radical (unpaired) electrons. The first kappa shape index (κ1) is 16.3. The van der Waals surface area contributed by atoms with E-state index in [9.17, 15) is 0 Å². The van der Waals surface area contributed by atoms with Crippen molar-refractivity contribution in [3.8, 4) is 11.5 Å². The molecule has 0 aliphatic heterocycles. The second-order valence-corrected chi connectivity index (χ2v) is 17.2. The van der Waals surface area contributed by atoms with E-state index in [1.54, 1.807) is 14.2 Å².